The molecule has 1 aliphatic rings. The number of anilines is 1. The lowest BCUT2D eigenvalue weighted by atomic mass is 9.63. The maximum atomic E-state index is 14.2. The number of aromatic nitrogens is 3. The van der Waals surface area contributed by atoms with Gasteiger partial charge in [0.25, 0.3) is 0 Å². The monoisotopic (exact) mass is 388 g/mol. The summed E-state index contributed by atoms with van der Waals surface area (Å²) in [5.41, 5.74) is 5.82. The van der Waals surface area contributed by atoms with Crippen LogP contribution in [0, 0.1) is 5.41 Å². The normalized spacial score (nSPS) is 22.6. The van der Waals surface area contributed by atoms with Crippen LogP contribution >= 0.6 is 0 Å². The highest BCUT2D eigenvalue weighted by atomic mass is 19.1. The van der Waals surface area contributed by atoms with E-state index in [9.17, 15) is 13.6 Å². The second-order valence-corrected chi connectivity index (χ2v) is 6.78. The molecule has 3 rings (SSSR count). The molecule has 0 bridgehead atoms. The van der Waals surface area contributed by atoms with Crippen molar-refractivity contribution in [2.24, 2.45) is 16.1 Å². The molecule has 0 saturated heterocycles. The molecule has 1 amide bonds. The van der Waals surface area contributed by atoms with Crippen LogP contribution in [-0.2, 0) is 0 Å². The van der Waals surface area contributed by atoms with Crippen molar-refractivity contribution in [3.05, 3.63) is 48.3 Å². The van der Waals surface area contributed by atoms with Gasteiger partial charge in [-0.25, -0.2) is 18.7 Å². The second kappa shape index (κ2) is 7.87. The highest BCUT2D eigenvalue weighted by molar-refractivity contribution is 6.03. The van der Waals surface area contributed by atoms with Gasteiger partial charge in [0.1, 0.15) is 12.0 Å². The molecule has 3 N–H and O–H groups in total. The Labute approximate surface area is 161 Å². The Morgan fingerprint density at radius 2 is 2.14 bits per heavy atom. The number of rotatable bonds is 7. The average molecular weight is 388 g/mol. The van der Waals surface area contributed by atoms with Crippen LogP contribution < -0.4 is 11.1 Å². The van der Waals surface area contributed by atoms with E-state index >= 15 is 0 Å². The summed E-state index contributed by atoms with van der Waals surface area (Å²) in [4.78, 5) is 23.7. The molecule has 0 unspecified atom stereocenters. The molecule has 0 atom stereocenters. The van der Waals surface area contributed by atoms with Crippen LogP contribution in [0.4, 0.5) is 14.7 Å². The van der Waals surface area contributed by atoms with Crippen LogP contribution in [0.3, 0.4) is 0 Å². The van der Waals surface area contributed by atoms with Gasteiger partial charge in [-0.05, 0) is 31.9 Å². The molecule has 148 valence electrons. The summed E-state index contributed by atoms with van der Waals surface area (Å²) in [7, 11) is 1.51. The number of nitrogens with one attached hydrogen (secondary N) is 1. The number of hydrogen-bond acceptors (Lipinski definition) is 5. The Balaban J connectivity index is 1.72. The van der Waals surface area contributed by atoms with Crippen LogP contribution in [0.5, 0.6) is 0 Å². The lowest BCUT2D eigenvalue weighted by Crippen LogP contribution is -2.50. The Morgan fingerprint density at radius 1 is 1.46 bits per heavy atom. The molecule has 9 heteroatoms. The number of halogens is 2. The van der Waals surface area contributed by atoms with E-state index in [-0.39, 0.29) is 25.1 Å². The van der Waals surface area contributed by atoms with Gasteiger partial charge in [-0.3, -0.25) is 9.79 Å². The fourth-order valence-electron chi connectivity index (χ4n) is 3.44. The zero-order valence-corrected chi connectivity index (χ0v) is 15.7. The van der Waals surface area contributed by atoms with Gasteiger partial charge in [-0.15, -0.1) is 0 Å². The predicted octanol–water partition coefficient (Wildman–Crippen LogP) is 2.84. The molecule has 2 aromatic heterocycles. The summed E-state index contributed by atoms with van der Waals surface area (Å²) in [5, 5.41) is 3.06. The molecule has 0 aromatic carbocycles. The quantitative estimate of drug-likeness (QED) is 0.713. The molecule has 2 aromatic rings. The standard InChI is InChI=1S/C19H22F2N6O/c1-3-15(21)16(23-2)19(6-13(20)7-19)11-26-18-24-8-14(9-25-18)27-5-4-12(10-27)17(22)28/h3-5,8-10,13H,6-7,11H2,1-2H3,(H2,22,28)(H,24,25,26)/b15-3+,23-16?. The summed E-state index contributed by atoms with van der Waals surface area (Å²) in [6, 6.07) is 1.60. The van der Waals surface area contributed by atoms with Crippen molar-refractivity contribution >= 4 is 17.6 Å². The molecule has 1 saturated carbocycles. The van der Waals surface area contributed by atoms with Gasteiger partial charge in [0.05, 0.1) is 29.4 Å². The smallest absolute Gasteiger partial charge is 0.250 e. The number of carbonyl (C=O) groups excluding carboxylic acids is 1. The van der Waals surface area contributed by atoms with E-state index in [0.29, 0.717) is 17.2 Å². The predicted molar refractivity (Wildman–Crippen MR) is 103 cm³/mol. The number of primary amides is 1. The van der Waals surface area contributed by atoms with Crippen LogP contribution in [0.1, 0.15) is 30.1 Å². The number of aliphatic imine (C=N–C) groups is 1. The van der Waals surface area contributed by atoms with Gasteiger partial charge in [0, 0.05) is 31.4 Å². The van der Waals surface area contributed by atoms with Gasteiger partial charge in [-0.1, -0.05) is 0 Å². The summed E-state index contributed by atoms with van der Waals surface area (Å²) in [6.07, 6.45) is 7.18. The van der Waals surface area contributed by atoms with Gasteiger partial charge >= 0.3 is 0 Å². The third kappa shape index (κ3) is 3.78. The van der Waals surface area contributed by atoms with Crippen LogP contribution in [-0.4, -0.2) is 45.9 Å². The molecule has 1 fully saturated rings. The zero-order valence-electron chi connectivity index (χ0n) is 15.7. The number of hydrogen-bond donors (Lipinski definition) is 2. The number of nitrogens with two attached hydrogens (primary N) is 1. The van der Waals surface area contributed by atoms with E-state index in [1.54, 1.807) is 42.3 Å². The van der Waals surface area contributed by atoms with Crippen molar-refractivity contribution in [1.82, 2.24) is 14.5 Å². The number of allylic oxidation sites excluding steroid dienone is 2. The molecule has 1 aliphatic carbocycles. The maximum Gasteiger partial charge on any atom is 0.250 e. The summed E-state index contributed by atoms with van der Waals surface area (Å²) in [6.45, 7) is 1.86. The molecule has 28 heavy (non-hydrogen) atoms. The third-order valence-electron chi connectivity index (χ3n) is 4.93. The maximum absolute atomic E-state index is 14.2. The first-order valence-corrected chi connectivity index (χ1v) is 8.86. The van der Waals surface area contributed by atoms with E-state index in [1.165, 1.54) is 13.1 Å². The topological polar surface area (TPSA) is 98.2 Å². The first kappa shape index (κ1) is 19.7. The second-order valence-electron chi connectivity index (χ2n) is 6.78. The summed E-state index contributed by atoms with van der Waals surface area (Å²) < 4.78 is 29.5. The van der Waals surface area contributed by atoms with Gasteiger partial charge in [0.15, 0.2) is 0 Å². The zero-order chi connectivity index (χ0) is 20.3. The summed E-state index contributed by atoms with van der Waals surface area (Å²) >= 11 is 0. The number of nitrogens with zero attached hydrogens (tertiary/aromatic N) is 4. The molecular formula is C19H22F2N6O. The first-order chi connectivity index (χ1) is 13.4. The van der Waals surface area contributed by atoms with Crippen LogP contribution in [0.25, 0.3) is 5.69 Å². The van der Waals surface area contributed by atoms with Crippen molar-refractivity contribution < 1.29 is 13.6 Å². The fourth-order valence-corrected chi connectivity index (χ4v) is 3.44. The molecule has 0 aliphatic heterocycles. The lowest BCUT2D eigenvalue weighted by Gasteiger charge is -2.44. The summed E-state index contributed by atoms with van der Waals surface area (Å²) in [5.74, 6) is -0.619. The molecule has 2 heterocycles. The van der Waals surface area contributed by atoms with E-state index in [4.69, 9.17) is 5.73 Å². The Bertz CT molecular complexity index is 913. The van der Waals surface area contributed by atoms with Crippen molar-refractivity contribution in [3.63, 3.8) is 0 Å². The minimum Gasteiger partial charge on any atom is -0.366 e. The van der Waals surface area contributed by atoms with E-state index < -0.39 is 23.3 Å². The van der Waals surface area contributed by atoms with E-state index in [2.05, 4.69) is 20.3 Å². The third-order valence-corrected chi connectivity index (χ3v) is 4.93. The molecule has 7 nitrogen and oxygen atoms in total. The minimum absolute atomic E-state index is 0.200. The van der Waals surface area contributed by atoms with Crippen LogP contribution in [0.15, 0.2) is 47.7 Å². The minimum atomic E-state index is -0.973. The average Bonchev–Trinajstić information content (AvgIpc) is 3.16. The Hall–Kier alpha value is -3.10. The SMILES string of the molecule is C/C=C(/F)C(=NC)C1(CNc2ncc(-n3ccc(C(N)=O)c3)cn2)CC(F)C1. The Morgan fingerprint density at radius 3 is 2.64 bits per heavy atom. The van der Waals surface area contributed by atoms with Gasteiger partial charge in [-0.2, -0.15) is 0 Å². The molecule has 0 radical (unpaired) electrons. The van der Waals surface area contributed by atoms with Crippen molar-refractivity contribution in [2.45, 2.75) is 25.9 Å². The van der Waals surface area contributed by atoms with Crippen molar-refractivity contribution in [1.29, 1.82) is 0 Å². The molecule has 0 spiro atoms. The van der Waals surface area contributed by atoms with Crippen LogP contribution in [0.2, 0.25) is 0 Å². The van der Waals surface area contributed by atoms with Crippen molar-refractivity contribution in [3.8, 4) is 5.69 Å². The molecular weight excluding hydrogens is 366 g/mol. The number of amides is 1. The fraction of sp³-hybridized carbons (Fsp3) is 0.368. The highest BCUT2D eigenvalue weighted by Gasteiger charge is 2.49. The van der Waals surface area contributed by atoms with Gasteiger partial charge < -0.3 is 15.6 Å². The van der Waals surface area contributed by atoms with E-state index in [0.717, 1.165) is 0 Å². The largest absolute Gasteiger partial charge is 0.366 e. The number of carbonyl (C=O) groups is 1. The first-order valence-electron chi connectivity index (χ1n) is 8.86. The highest BCUT2D eigenvalue weighted by Crippen LogP contribution is 2.46. The number of alkyl halides is 1. The van der Waals surface area contributed by atoms with Gasteiger partial charge in [0.2, 0.25) is 11.9 Å². The van der Waals surface area contributed by atoms with E-state index in [1.807, 2.05) is 0 Å². The lowest BCUT2D eigenvalue weighted by molar-refractivity contribution is 0.0937. The van der Waals surface area contributed by atoms with Crippen molar-refractivity contribution in [2.75, 3.05) is 18.9 Å². The Kier molecular flexibility index (Phi) is 5.53.